The van der Waals surface area contributed by atoms with Gasteiger partial charge in [-0.25, -0.2) is 9.29 Å². The van der Waals surface area contributed by atoms with Crippen LogP contribution < -0.4 is 9.80 Å². The van der Waals surface area contributed by atoms with Crippen LogP contribution in [0.3, 0.4) is 0 Å². The molecule has 2 amide bonds. The van der Waals surface area contributed by atoms with E-state index in [0.29, 0.717) is 13.1 Å². The molecule has 1 saturated heterocycles. The van der Waals surface area contributed by atoms with Crippen LogP contribution in [0.5, 0.6) is 0 Å². The predicted octanol–water partition coefficient (Wildman–Crippen LogP) is 0.633. The van der Waals surface area contributed by atoms with Crippen LogP contribution in [0.15, 0.2) is 28.9 Å². The molecule has 1 N–H and O–H groups in total. The fourth-order valence-corrected chi connectivity index (χ4v) is 3.20. The maximum absolute atomic E-state index is 13.3. The van der Waals surface area contributed by atoms with E-state index >= 15 is 0 Å². The van der Waals surface area contributed by atoms with Crippen molar-refractivity contribution < 1.29 is 18.9 Å². The number of hydrogen-bond acceptors (Lipinski definition) is 3. The van der Waals surface area contributed by atoms with Gasteiger partial charge in [0.2, 0.25) is 0 Å². The van der Waals surface area contributed by atoms with Gasteiger partial charge in [-0.2, -0.15) is 0 Å². The van der Waals surface area contributed by atoms with Crippen molar-refractivity contribution >= 4 is 40.7 Å². The van der Waals surface area contributed by atoms with Crippen molar-refractivity contribution in [2.24, 2.45) is 0 Å². The SMILES string of the molecule is C[NH+]1CCN(C2=C(Cl)C(=O)N(c3ccc(F)c(Cl)c3)C2=O)CC1. The summed E-state index contributed by atoms with van der Waals surface area (Å²) in [6, 6.07) is 3.69. The number of amides is 2. The number of anilines is 1. The largest absolute Gasteiger partial charge is 0.354 e. The monoisotopic (exact) mass is 358 g/mol. The average Bonchev–Trinajstić information content (AvgIpc) is 2.74. The van der Waals surface area contributed by atoms with Crippen LogP contribution in [0.2, 0.25) is 5.02 Å². The van der Waals surface area contributed by atoms with E-state index in [2.05, 4.69) is 7.05 Å². The molecule has 8 heteroatoms. The van der Waals surface area contributed by atoms with Crippen molar-refractivity contribution in [1.82, 2.24) is 4.90 Å². The summed E-state index contributed by atoms with van der Waals surface area (Å²) in [6.45, 7) is 3.01. The molecule has 3 rings (SSSR count). The minimum Gasteiger partial charge on any atom is -0.354 e. The van der Waals surface area contributed by atoms with Gasteiger partial charge in [0.15, 0.2) is 0 Å². The van der Waals surface area contributed by atoms with Crippen LogP contribution in [0.25, 0.3) is 0 Å². The smallest absolute Gasteiger partial charge is 0.283 e. The van der Waals surface area contributed by atoms with E-state index in [-0.39, 0.29) is 21.4 Å². The number of halogens is 3. The van der Waals surface area contributed by atoms with E-state index in [1.807, 2.05) is 4.90 Å². The highest BCUT2D eigenvalue weighted by Crippen LogP contribution is 2.32. The molecule has 0 saturated carbocycles. The maximum atomic E-state index is 13.3. The Kier molecular flexibility index (Phi) is 4.31. The zero-order chi connectivity index (χ0) is 16.7. The van der Waals surface area contributed by atoms with E-state index in [9.17, 15) is 14.0 Å². The quantitative estimate of drug-likeness (QED) is 0.789. The molecule has 0 atom stereocenters. The molecule has 1 aromatic carbocycles. The minimum atomic E-state index is -0.615. The van der Waals surface area contributed by atoms with Gasteiger partial charge >= 0.3 is 0 Å². The lowest BCUT2D eigenvalue weighted by molar-refractivity contribution is -0.883. The highest BCUT2D eigenvalue weighted by atomic mass is 35.5. The Morgan fingerprint density at radius 3 is 2.39 bits per heavy atom. The summed E-state index contributed by atoms with van der Waals surface area (Å²) in [5, 5.41) is -0.258. The molecule has 0 radical (unpaired) electrons. The molecule has 2 aliphatic heterocycles. The van der Waals surface area contributed by atoms with E-state index in [0.717, 1.165) is 24.1 Å². The first-order chi connectivity index (χ1) is 10.9. The Balaban J connectivity index is 1.91. The second kappa shape index (κ2) is 6.11. The van der Waals surface area contributed by atoms with Crippen molar-refractivity contribution in [1.29, 1.82) is 0 Å². The van der Waals surface area contributed by atoms with Gasteiger partial charge in [0.05, 0.1) is 43.9 Å². The fraction of sp³-hybridized carbons (Fsp3) is 0.333. The Hall–Kier alpha value is -1.63. The highest BCUT2D eigenvalue weighted by Gasteiger charge is 2.42. The van der Waals surface area contributed by atoms with Gasteiger partial charge in [-0.3, -0.25) is 9.59 Å². The molecule has 0 bridgehead atoms. The minimum absolute atomic E-state index is 0.102. The zero-order valence-electron chi connectivity index (χ0n) is 12.4. The van der Waals surface area contributed by atoms with Gasteiger partial charge in [0.1, 0.15) is 16.5 Å². The molecule has 5 nitrogen and oxygen atoms in total. The molecule has 1 fully saturated rings. The number of benzene rings is 1. The van der Waals surface area contributed by atoms with Gasteiger partial charge in [0, 0.05) is 0 Å². The number of rotatable bonds is 2. The van der Waals surface area contributed by atoms with Crippen molar-refractivity contribution in [2.75, 3.05) is 38.1 Å². The topological polar surface area (TPSA) is 45.1 Å². The molecule has 0 aromatic heterocycles. The maximum Gasteiger partial charge on any atom is 0.283 e. The summed E-state index contributed by atoms with van der Waals surface area (Å²) in [6.07, 6.45) is 0. The first-order valence-corrected chi connectivity index (χ1v) is 7.95. The van der Waals surface area contributed by atoms with Gasteiger partial charge in [0.25, 0.3) is 11.8 Å². The standard InChI is InChI=1S/C15H14Cl2FN3O2/c1-19-4-6-20(7-5-19)13-12(17)14(22)21(15(13)23)9-2-3-11(18)10(16)8-9/h2-3,8H,4-7H2,1H3/p+1. The second-order valence-corrected chi connectivity index (χ2v) is 6.44. The molecule has 23 heavy (non-hydrogen) atoms. The summed E-state index contributed by atoms with van der Waals surface area (Å²) in [4.78, 5) is 29.2. The second-order valence-electron chi connectivity index (χ2n) is 5.65. The van der Waals surface area contributed by atoms with Gasteiger partial charge in [-0.1, -0.05) is 23.2 Å². The Morgan fingerprint density at radius 2 is 1.78 bits per heavy atom. The van der Waals surface area contributed by atoms with Gasteiger partial charge in [-0.15, -0.1) is 0 Å². The molecular weight excluding hydrogens is 344 g/mol. The first-order valence-electron chi connectivity index (χ1n) is 7.20. The molecule has 2 aliphatic rings. The molecule has 0 unspecified atom stereocenters. The van der Waals surface area contributed by atoms with E-state index in [1.165, 1.54) is 17.0 Å². The Labute approximate surface area is 142 Å². The predicted molar refractivity (Wildman–Crippen MR) is 85.0 cm³/mol. The number of piperazine rings is 1. The molecule has 0 spiro atoms. The Morgan fingerprint density at radius 1 is 1.13 bits per heavy atom. The van der Waals surface area contributed by atoms with Crippen molar-refractivity contribution in [3.63, 3.8) is 0 Å². The molecule has 0 aliphatic carbocycles. The number of carbonyl (C=O) groups excluding carboxylic acids is 2. The van der Waals surface area contributed by atoms with Crippen LogP contribution in [0, 0.1) is 5.82 Å². The number of nitrogens with one attached hydrogen (secondary N) is 1. The first kappa shape index (κ1) is 16.2. The summed E-state index contributed by atoms with van der Waals surface area (Å²) in [5.74, 6) is -1.72. The van der Waals surface area contributed by atoms with Gasteiger partial charge in [-0.05, 0) is 18.2 Å². The normalized spacial score (nSPS) is 20.0. The fourth-order valence-electron chi connectivity index (χ4n) is 2.74. The van der Waals surface area contributed by atoms with E-state index < -0.39 is 17.6 Å². The lowest BCUT2D eigenvalue weighted by Gasteiger charge is -2.31. The van der Waals surface area contributed by atoms with Crippen molar-refractivity contribution in [3.8, 4) is 0 Å². The van der Waals surface area contributed by atoms with Crippen molar-refractivity contribution in [3.05, 3.63) is 39.8 Å². The summed E-state index contributed by atoms with van der Waals surface area (Å²) < 4.78 is 13.3. The molecular formula is C15H15Cl2FN3O2+. The highest BCUT2D eigenvalue weighted by molar-refractivity contribution is 6.52. The summed E-state index contributed by atoms with van der Waals surface area (Å²) in [7, 11) is 2.07. The summed E-state index contributed by atoms with van der Waals surface area (Å²) in [5.41, 5.74) is 0.420. The number of hydrogen-bond donors (Lipinski definition) is 1. The molecule has 122 valence electrons. The zero-order valence-corrected chi connectivity index (χ0v) is 13.9. The Bertz CT molecular complexity index is 715. The lowest BCUT2D eigenvalue weighted by atomic mass is 10.2. The average molecular weight is 359 g/mol. The third kappa shape index (κ3) is 2.82. The summed E-state index contributed by atoms with van der Waals surface area (Å²) >= 11 is 11.9. The van der Waals surface area contributed by atoms with Crippen LogP contribution in [0.4, 0.5) is 10.1 Å². The lowest BCUT2D eigenvalue weighted by Crippen LogP contribution is -3.11. The van der Waals surface area contributed by atoms with Crippen LogP contribution in [-0.4, -0.2) is 49.9 Å². The number of carbonyl (C=O) groups is 2. The van der Waals surface area contributed by atoms with Crippen molar-refractivity contribution in [2.45, 2.75) is 0 Å². The molecule has 1 aromatic rings. The number of likely N-dealkylation sites (N-methyl/N-ethyl adjacent to an activating group) is 1. The van der Waals surface area contributed by atoms with E-state index in [4.69, 9.17) is 23.2 Å². The third-order valence-corrected chi connectivity index (χ3v) is 4.73. The molecule has 2 heterocycles. The number of nitrogens with zero attached hydrogens (tertiary/aromatic N) is 2. The number of quaternary nitrogens is 1. The van der Waals surface area contributed by atoms with Crippen LogP contribution >= 0.6 is 23.2 Å². The third-order valence-electron chi connectivity index (χ3n) is 4.10. The van der Waals surface area contributed by atoms with Gasteiger partial charge < -0.3 is 9.80 Å². The van der Waals surface area contributed by atoms with Crippen LogP contribution in [-0.2, 0) is 9.59 Å². The number of imide groups is 1. The van der Waals surface area contributed by atoms with Crippen LogP contribution in [0.1, 0.15) is 0 Å². The van der Waals surface area contributed by atoms with E-state index in [1.54, 1.807) is 0 Å².